The Morgan fingerprint density at radius 3 is 2.79 bits per heavy atom. The maximum absolute atomic E-state index is 12.8. The van der Waals surface area contributed by atoms with Gasteiger partial charge in [0.15, 0.2) is 11.4 Å². The normalized spacial score (nSPS) is 15.5. The molecule has 0 N–H and O–H groups in total. The van der Waals surface area contributed by atoms with Crippen molar-refractivity contribution in [3.63, 3.8) is 0 Å². The molecular weight excluding hydrogens is 304 g/mol. The first kappa shape index (κ1) is 16.5. The van der Waals surface area contributed by atoms with E-state index >= 15 is 0 Å². The zero-order valence-corrected chi connectivity index (χ0v) is 14.3. The first-order valence-corrected chi connectivity index (χ1v) is 8.62. The summed E-state index contributed by atoms with van der Waals surface area (Å²) in [5, 5.41) is 4.35. The minimum Gasteiger partial charge on any atom is -0.491 e. The van der Waals surface area contributed by atoms with Gasteiger partial charge in [-0.25, -0.2) is 4.98 Å². The Kier molecular flexibility index (Phi) is 5.13. The Balaban J connectivity index is 1.65. The predicted octanol–water partition coefficient (Wildman–Crippen LogP) is 2.72. The molecule has 1 aliphatic rings. The highest BCUT2D eigenvalue weighted by molar-refractivity contribution is 5.95. The van der Waals surface area contributed by atoms with Gasteiger partial charge in [-0.15, -0.1) is 0 Å². The van der Waals surface area contributed by atoms with Crippen LogP contribution in [0.2, 0.25) is 0 Å². The van der Waals surface area contributed by atoms with Crippen LogP contribution in [0, 0.1) is 0 Å². The van der Waals surface area contributed by atoms with Crippen LogP contribution in [-0.4, -0.2) is 45.3 Å². The molecule has 1 saturated heterocycles. The molecule has 2 aromatic heterocycles. The highest BCUT2D eigenvalue weighted by atomic mass is 16.5. The van der Waals surface area contributed by atoms with E-state index in [-0.39, 0.29) is 5.91 Å². The number of piperidine rings is 1. The molecular formula is C18H24N4O2. The number of carbonyl (C=O) groups excluding carboxylic acids is 1. The maximum Gasteiger partial charge on any atom is 0.276 e. The van der Waals surface area contributed by atoms with Crippen molar-refractivity contribution in [3.8, 4) is 5.75 Å². The van der Waals surface area contributed by atoms with Gasteiger partial charge in [-0.05, 0) is 50.3 Å². The van der Waals surface area contributed by atoms with E-state index in [1.807, 2.05) is 22.7 Å². The summed E-state index contributed by atoms with van der Waals surface area (Å²) in [4.78, 5) is 18.9. The highest BCUT2D eigenvalue weighted by Gasteiger charge is 2.27. The Bertz CT molecular complexity index is 690. The van der Waals surface area contributed by atoms with Crippen molar-refractivity contribution in [3.05, 3.63) is 42.0 Å². The SMILES string of the molecule is CCOc1cccnc1C(=O)N1CCC(c2cnn(CC)c2)CC1. The van der Waals surface area contributed by atoms with Crippen molar-refractivity contribution < 1.29 is 9.53 Å². The minimum absolute atomic E-state index is 0.0400. The summed E-state index contributed by atoms with van der Waals surface area (Å²) >= 11 is 0. The van der Waals surface area contributed by atoms with Gasteiger partial charge < -0.3 is 9.64 Å². The molecule has 128 valence electrons. The summed E-state index contributed by atoms with van der Waals surface area (Å²) in [6.45, 7) is 6.88. The molecule has 6 heteroatoms. The van der Waals surface area contributed by atoms with E-state index in [1.54, 1.807) is 18.3 Å². The van der Waals surface area contributed by atoms with Crippen molar-refractivity contribution >= 4 is 5.91 Å². The number of likely N-dealkylation sites (tertiary alicyclic amines) is 1. The number of pyridine rings is 1. The molecule has 0 bridgehead atoms. The predicted molar refractivity (Wildman–Crippen MR) is 91.2 cm³/mol. The summed E-state index contributed by atoms with van der Waals surface area (Å²) in [7, 11) is 0. The van der Waals surface area contributed by atoms with E-state index in [0.29, 0.717) is 24.0 Å². The van der Waals surface area contributed by atoms with Gasteiger partial charge in [0.1, 0.15) is 0 Å². The van der Waals surface area contributed by atoms with Gasteiger partial charge in [0.2, 0.25) is 0 Å². The summed E-state index contributed by atoms with van der Waals surface area (Å²) in [5.74, 6) is 1.00. The number of hydrogen-bond donors (Lipinski definition) is 0. The van der Waals surface area contributed by atoms with E-state index < -0.39 is 0 Å². The molecule has 3 heterocycles. The first-order valence-electron chi connectivity index (χ1n) is 8.62. The second-order valence-corrected chi connectivity index (χ2v) is 5.98. The van der Waals surface area contributed by atoms with Crippen LogP contribution in [-0.2, 0) is 6.54 Å². The third-order valence-electron chi connectivity index (χ3n) is 4.50. The molecule has 24 heavy (non-hydrogen) atoms. The Hall–Kier alpha value is -2.37. The van der Waals surface area contributed by atoms with Crippen LogP contribution in [0.15, 0.2) is 30.7 Å². The van der Waals surface area contributed by atoms with Crippen LogP contribution in [0.3, 0.4) is 0 Å². The van der Waals surface area contributed by atoms with E-state index in [2.05, 4.69) is 23.2 Å². The molecule has 0 aromatic carbocycles. The average Bonchev–Trinajstić information content (AvgIpc) is 3.11. The van der Waals surface area contributed by atoms with Crippen molar-refractivity contribution in [2.24, 2.45) is 0 Å². The molecule has 0 atom stereocenters. The summed E-state index contributed by atoms with van der Waals surface area (Å²) in [6, 6.07) is 3.59. The van der Waals surface area contributed by atoms with Gasteiger partial charge in [0.05, 0.1) is 12.8 Å². The van der Waals surface area contributed by atoms with E-state index in [9.17, 15) is 4.79 Å². The highest BCUT2D eigenvalue weighted by Crippen LogP contribution is 2.29. The molecule has 3 rings (SSSR count). The van der Waals surface area contributed by atoms with Crippen molar-refractivity contribution in [1.29, 1.82) is 0 Å². The molecule has 0 saturated carbocycles. The molecule has 0 unspecified atom stereocenters. The van der Waals surface area contributed by atoms with Gasteiger partial charge >= 0.3 is 0 Å². The third-order valence-corrected chi connectivity index (χ3v) is 4.50. The largest absolute Gasteiger partial charge is 0.491 e. The Morgan fingerprint density at radius 2 is 2.12 bits per heavy atom. The van der Waals surface area contributed by atoms with Gasteiger partial charge in [-0.2, -0.15) is 5.10 Å². The Morgan fingerprint density at radius 1 is 1.33 bits per heavy atom. The second kappa shape index (κ2) is 7.47. The summed E-state index contributed by atoms with van der Waals surface area (Å²) in [5.41, 5.74) is 1.69. The second-order valence-electron chi connectivity index (χ2n) is 5.98. The number of nitrogens with zero attached hydrogens (tertiary/aromatic N) is 4. The van der Waals surface area contributed by atoms with E-state index in [4.69, 9.17) is 4.74 Å². The fourth-order valence-corrected chi connectivity index (χ4v) is 3.15. The number of aromatic nitrogens is 3. The van der Waals surface area contributed by atoms with Crippen molar-refractivity contribution in [2.75, 3.05) is 19.7 Å². The Labute approximate surface area is 142 Å². The monoisotopic (exact) mass is 328 g/mol. The van der Waals surface area contributed by atoms with Crippen LogP contribution in [0.25, 0.3) is 0 Å². The van der Waals surface area contributed by atoms with Gasteiger partial charge in [-0.3, -0.25) is 9.48 Å². The van der Waals surface area contributed by atoms with Gasteiger partial charge in [0, 0.05) is 32.0 Å². The summed E-state index contributed by atoms with van der Waals surface area (Å²) < 4.78 is 7.49. The number of ether oxygens (including phenoxy) is 1. The molecule has 0 spiro atoms. The number of rotatable bonds is 5. The lowest BCUT2D eigenvalue weighted by atomic mass is 9.91. The standard InChI is InChI=1S/C18H24N4O2/c1-3-22-13-15(12-20-22)14-7-10-21(11-8-14)18(23)17-16(24-4-2)6-5-9-19-17/h5-6,9,12-14H,3-4,7-8,10-11H2,1-2H3. The lowest BCUT2D eigenvalue weighted by Gasteiger charge is -2.31. The summed E-state index contributed by atoms with van der Waals surface area (Å²) in [6.07, 6.45) is 7.63. The van der Waals surface area contributed by atoms with Gasteiger partial charge in [-0.1, -0.05) is 0 Å². The fraction of sp³-hybridized carbons (Fsp3) is 0.500. The number of amides is 1. The molecule has 0 aliphatic carbocycles. The number of carbonyl (C=O) groups is 1. The lowest BCUT2D eigenvalue weighted by Crippen LogP contribution is -2.38. The average molecular weight is 328 g/mol. The quantitative estimate of drug-likeness (QED) is 0.847. The van der Waals surface area contributed by atoms with Crippen LogP contribution in [0.1, 0.15) is 48.7 Å². The first-order chi connectivity index (χ1) is 11.7. The molecule has 0 radical (unpaired) electrons. The molecule has 1 fully saturated rings. The lowest BCUT2D eigenvalue weighted by molar-refractivity contribution is 0.0702. The molecule has 6 nitrogen and oxygen atoms in total. The third kappa shape index (κ3) is 3.42. The number of aryl methyl sites for hydroxylation is 1. The molecule has 1 amide bonds. The maximum atomic E-state index is 12.8. The van der Waals surface area contributed by atoms with Crippen LogP contribution >= 0.6 is 0 Å². The molecule has 1 aliphatic heterocycles. The molecule has 2 aromatic rings. The zero-order chi connectivity index (χ0) is 16.9. The van der Waals surface area contributed by atoms with Crippen molar-refractivity contribution in [1.82, 2.24) is 19.7 Å². The van der Waals surface area contributed by atoms with Crippen LogP contribution in [0.4, 0.5) is 0 Å². The van der Waals surface area contributed by atoms with Crippen molar-refractivity contribution in [2.45, 2.75) is 39.2 Å². The van der Waals surface area contributed by atoms with Crippen LogP contribution in [0.5, 0.6) is 5.75 Å². The zero-order valence-electron chi connectivity index (χ0n) is 14.3. The topological polar surface area (TPSA) is 60.2 Å². The number of hydrogen-bond acceptors (Lipinski definition) is 4. The minimum atomic E-state index is -0.0400. The fourth-order valence-electron chi connectivity index (χ4n) is 3.15. The van der Waals surface area contributed by atoms with Crippen LogP contribution < -0.4 is 4.74 Å². The van der Waals surface area contributed by atoms with E-state index in [1.165, 1.54) is 5.56 Å². The van der Waals surface area contributed by atoms with Gasteiger partial charge in [0.25, 0.3) is 5.91 Å². The smallest absolute Gasteiger partial charge is 0.276 e. The van der Waals surface area contributed by atoms with E-state index in [0.717, 1.165) is 32.5 Å².